The van der Waals surface area contributed by atoms with Crippen molar-refractivity contribution >= 4 is 28.8 Å². The molecule has 6 nitrogen and oxygen atoms in total. The molecule has 2 N–H and O–H groups in total. The third-order valence-corrected chi connectivity index (χ3v) is 3.70. The minimum absolute atomic E-state index is 0.0913. The van der Waals surface area contributed by atoms with Crippen LogP contribution in [0.15, 0.2) is 35.7 Å². The number of anilines is 2. The van der Waals surface area contributed by atoms with Gasteiger partial charge in [0.25, 0.3) is 0 Å². The maximum atomic E-state index is 5.97. The fourth-order valence-electron chi connectivity index (χ4n) is 2.69. The summed E-state index contributed by atoms with van der Waals surface area (Å²) in [6.45, 7) is 4.74. The summed E-state index contributed by atoms with van der Waals surface area (Å²) in [5, 5.41) is 4.32. The van der Waals surface area contributed by atoms with Crippen molar-refractivity contribution in [3.05, 3.63) is 41.9 Å². The van der Waals surface area contributed by atoms with Crippen molar-refractivity contribution in [2.75, 3.05) is 5.32 Å². The van der Waals surface area contributed by atoms with Crippen LogP contribution in [-0.2, 0) is 6.54 Å². The van der Waals surface area contributed by atoms with E-state index in [4.69, 9.17) is 4.74 Å². The zero-order chi connectivity index (χ0) is 15.8. The molecular formula is C17H17N5O. The fraction of sp³-hybridized carbons (Fsp3) is 0.235. The summed E-state index contributed by atoms with van der Waals surface area (Å²) in [5.74, 6) is 1.56. The molecule has 1 aliphatic rings. The summed E-state index contributed by atoms with van der Waals surface area (Å²) in [5.41, 5.74) is 3.98. The predicted octanol–water partition coefficient (Wildman–Crippen LogP) is 3.42. The first-order chi connectivity index (χ1) is 11.2. The molecule has 0 saturated heterocycles. The smallest absolute Gasteiger partial charge is 0.143 e. The van der Waals surface area contributed by atoms with Gasteiger partial charge in [-0.15, -0.1) is 0 Å². The van der Waals surface area contributed by atoms with E-state index in [1.807, 2.05) is 32.3 Å². The Morgan fingerprint density at radius 3 is 3.04 bits per heavy atom. The lowest BCUT2D eigenvalue weighted by Crippen LogP contribution is -2.08. The molecular weight excluding hydrogens is 290 g/mol. The van der Waals surface area contributed by atoms with Gasteiger partial charge in [0, 0.05) is 12.4 Å². The first-order valence-corrected chi connectivity index (χ1v) is 7.59. The van der Waals surface area contributed by atoms with Gasteiger partial charge < -0.3 is 15.0 Å². The molecule has 0 spiro atoms. The number of hydrogen-bond donors (Lipinski definition) is 2. The molecule has 0 atom stereocenters. The second kappa shape index (κ2) is 5.39. The molecule has 2 aromatic heterocycles. The lowest BCUT2D eigenvalue weighted by atomic mass is 10.1. The molecule has 3 heterocycles. The van der Waals surface area contributed by atoms with Crippen LogP contribution in [-0.4, -0.2) is 27.3 Å². The molecule has 0 amide bonds. The summed E-state index contributed by atoms with van der Waals surface area (Å²) in [4.78, 5) is 16.0. The van der Waals surface area contributed by atoms with Crippen LogP contribution in [0.25, 0.3) is 11.0 Å². The van der Waals surface area contributed by atoms with Crippen molar-refractivity contribution < 1.29 is 4.74 Å². The van der Waals surface area contributed by atoms with Gasteiger partial charge >= 0.3 is 0 Å². The van der Waals surface area contributed by atoms with Crippen LogP contribution in [0.5, 0.6) is 5.75 Å². The number of hydrogen-bond acceptors (Lipinski definition) is 5. The van der Waals surface area contributed by atoms with Crippen LogP contribution < -0.4 is 10.1 Å². The van der Waals surface area contributed by atoms with Crippen LogP contribution >= 0.6 is 0 Å². The molecule has 0 fully saturated rings. The Kier molecular flexibility index (Phi) is 3.22. The molecule has 1 aliphatic heterocycles. The quantitative estimate of drug-likeness (QED) is 0.774. The van der Waals surface area contributed by atoms with E-state index < -0.39 is 0 Å². The number of aliphatic imine (C=N–C) groups is 1. The van der Waals surface area contributed by atoms with Gasteiger partial charge in [-0.1, -0.05) is 0 Å². The Morgan fingerprint density at radius 1 is 1.26 bits per heavy atom. The summed E-state index contributed by atoms with van der Waals surface area (Å²) >= 11 is 0. The zero-order valence-corrected chi connectivity index (χ0v) is 13.0. The lowest BCUT2D eigenvalue weighted by Gasteiger charge is -2.17. The van der Waals surface area contributed by atoms with E-state index in [-0.39, 0.29) is 6.10 Å². The van der Waals surface area contributed by atoms with Crippen molar-refractivity contribution in [3.8, 4) is 5.75 Å². The Labute approximate surface area is 133 Å². The number of nitrogens with zero attached hydrogens (tertiary/aromatic N) is 3. The van der Waals surface area contributed by atoms with Gasteiger partial charge in [0.15, 0.2) is 0 Å². The highest BCUT2D eigenvalue weighted by molar-refractivity contribution is 5.92. The van der Waals surface area contributed by atoms with E-state index in [9.17, 15) is 0 Å². The molecule has 1 aromatic carbocycles. The molecule has 0 unspecified atom stereocenters. The first-order valence-electron chi connectivity index (χ1n) is 7.59. The normalized spacial score (nSPS) is 12.8. The van der Waals surface area contributed by atoms with E-state index in [0.29, 0.717) is 6.54 Å². The number of fused-ring (bicyclic) bond motifs is 2. The monoisotopic (exact) mass is 307 g/mol. The van der Waals surface area contributed by atoms with E-state index in [2.05, 4.69) is 37.4 Å². The van der Waals surface area contributed by atoms with Crippen molar-refractivity contribution in [2.24, 2.45) is 4.99 Å². The second-order valence-electron chi connectivity index (χ2n) is 5.77. The third-order valence-electron chi connectivity index (χ3n) is 3.70. The van der Waals surface area contributed by atoms with E-state index >= 15 is 0 Å². The number of H-pyrrole nitrogens is 1. The Hall–Kier alpha value is -2.89. The van der Waals surface area contributed by atoms with Crippen molar-refractivity contribution in [3.63, 3.8) is 0 Å². The minimum atomic E-state index is 0.0913. The van der Waals surface area contributed by atoms with E-state index in [1.165, 1.54) is 5.56 Å². The molecule has 0 aliphatic carbocycles. The molecule has 4 rings (SSSR count). The van der Waals surface area contributed by atoms with Gasteiger partial charge in [0.05, 0.1) is 23.7 Å². The minimum Gasteiger partial charge on any atom is -0.489 e. The Balaban J connectivity index is 1.78. The number of aromatic nitrogens is 3. The van der Waals surface area contributed by atoms with Gasteiger partial charge in [0.1, 0.15) is 23.5 Å². The molecule has 116 valence electrons. The average Bonchev–Trinajstić information content (AvgIpc) is 3.15. The summed E-state index contributed by atoms with van der Waals surface area (Å²) < 4.78 is 5.97. The largest absolute Gasteiger partial charge is 0.489 e. The number of aromatic amines is 1. The fourth-order valence-corrected chi connectivity index (χ4v) is 2.69. The highest BCUT2D eigenvalue weighted by Crippen LogP contribution is 2.34. The SMILES string of the molecule is CC(C)Oc1cc2c(cc1Nc1ncnc3[nH]ccc13)C=NC2. The summed E-state index contributed by atoms with van der Waals surface area (Å²) in [6.07, 6.45) is 5.38. The first kappa shape index (κ1) is 13.8. The topological polar surface area (TPSA) is 75.2 Å². The van der Waals surface area contributed by atoms with Crippen LogP contribution in [0.1, 0.15) is 25.0 Å². The molecule has 0 bridgehead atoms. The summed E-state index contributed by atoms with van der Waals surface area (Å²) in [6, 6.07) is 6.07. The second-order valence-corrected chi connectivity index (χ2v) is 5.77. The standard InChI is InChI=1S/C17H17N5O/c1-10(2)23-15-6-12-8-18-7-11(12)5-14(15)22-17-13-3-4-19-16(13)20-9-21-17/h3-7,9-10H,8H2,1-2H3,(H2,19,20,21,22). The lowest BCUT2D eigenvalue weighted by molar-refractivity contribution is 0.243. The van der Waals surface area contributed by atoms with Crippen LogP contribution in [0, 0.1) is 0 Å². The molecule has 0 saturated carbocycles. The molecule has 0 radical (unpaired) electrons. The van der Waals surface area contributed by atoms with Crippen molar-refractivity contribution in [2.45, 2.75) is 26.5 Å². The van der Waals surface area contributed by atoms with Crippen LogP contribution in [0.2, 0.25) is 0 Å². The molecule has 23 heavy (non-hydrogen) atoms. The number of rotatable bonds is 4. The van der Waals surface area contributed by atoms with Gasteiger partial charge in [-0.05, 0) is 43.2 Å². The van der Waals surface area contributed by atoms with E-state index in [1.54, 1.807) is 6.33 Å². The Bertz CT molecular complexity index is 897. The maximum absolute atomic E-state index is 5.97. The average molecular weight is 307 g/mol. The highest BCUT2D eigenvalue weighted by atomic mass is 16.5. The van der Waals surface area contributed by atoms with Crippen molar-refractivity contribution in [1.82, 2.24) is 15.0 Å². The van der Waals surface area contributed by atoms with Gasteiger partial charge in [-0.25, -0.2) is 9.97 Å². The Morgan fingerprint density at radius 2 is 2.17 bits per heavy atom. The molecule has 3 aromatic rings. The third kappa shape index (κ3) is 2.52. The van der Waals surface area contributed by atoms with Crippen molar-refractivity contribution in [1.29, 1.82) is 0 Å². The highest BCUT2D eigenvalue weighted by Gasteiger charge is 2.15. The maximum Gasteiger partial charge on any atom is 0.143 e. The zero-order valence-electron chi connectivity index (χ0n) is 13.0. The van der Waals surface area contributed by atoms with Gasteiger partial charge in [-0.3, -0.25) is 4.99 Å². The van der Waals surface area contributed by atoms with Gasteiger partial charge in [0.2, 0.25) is 0 Å². The molecule has 6 heteroatoms. The van der Waals surface area contributed by atoms with Crippen LogP contribution in [0.4, 0.5) is 11.5 Å². The number of benzene rings is 1. The number of ether oxygens (including phenoxy) is 1. The van der Waals surface area contributed by atoms with E-state index in [0.717, 1.165) is 33.9 Å². The van der Waals surface area contributed by atoms with Crippen LogP contribution in [0.3, 0.4) is 0 Å². The van der Waals surface area contributed by atoms with Gasteiger partial charge in [-0.2, -0.15) is 0 Å². The summed E-state index contributed by atoms with van der Waals surface area (Å²) in [7, 11) is 0. The number of nitrogens with one attached hydrogen (secondary N) is 2. The predicted molar refractivity (Wildman–Crippen MR) is 90.7 cm³/mol.